The summed E-state index contributed by atoms with van der Waals surface area (Å²) in [5, 5.41) is 20.7. The standard InChI is InChI=1S/C33H49N5O6/c1-6-24(4)31(33(41)35-20-25-12-8-7-9-13-25)36-32(40)28(23(2)3)19-30(39)29(37-38-34)22-43-21-26-14-10-15-27(18-26)44-17-11-16-42-5/h7-10,12-15,18,23-24,28-31,39H,6,11,16-17,19-22H2,1-5H3,(H,35,41)(H,36,40). The number of nitrogens with one attached hydrogen (secondary N) is 2. The third-order valence-electron chi connectivity index (χ3n) is 7.60. The van der Waals surface area contributed by atoms with Crippen LogP contribution >= 0.6 is 0 Å². The molecule has 0 saturated heterocycles. The zero-order valence-corrected chi connectivity index (χ0v) is 26.6. The molecule has 11 nitrogen and oxygen atoms in total. The van der Waals surface area contributed by atoms with Gasteiger partial charge in [-0.15, -0.1) is 0 Å². The van der Waals surface area contributed by atoms with Crippen LogP contribution in [0.3, 0.4) is 0 Å². The Hall–Kier alpha value is -3.63. The summed E-state index contributed by atoms with van der Waals surface area (Å²) in [6.45, 7) is 9.35. The Morgan fingerprint density at radius 1 is 1.02 bits per heavy atom. The topological polar surface area (TPSA) is 155 Å². The lowest BCUT2D eigenvalue weighted by Gasteiger charge is -2.29. The number of aliphatic hydroxyl groups is 1. The maximum atomic E-state index is 13.5. The number of nitrogens with zero attached hydrogens (tertiary/aromatic N) is 3. The van der Waals surface area contributed by atoms with E-state index < -0.39 is 24.1 Å². The number of ether oxygens (including phenoxy) is 3. The Labute approximate surface area is 261 Å². The Balaban J connectivity index is 1.99. The quantitative estimate of drug-likeness (QED) is 0.0766. The summed E-state index contributed by atoms with van der Waals surface area (Å²) in [5.74, 6) is -0.752. The molecule has 0 spiro atoms. The van der Waals surface area contributed by atoms with Crippen LogP contribution < -0.4 is 15.4 Å². The lowest BCUT2D eigenvalue weighted by atomic mass is 9.86. The Kier molecular flexibility index (Phi) is 16.9. The van der Waals surface area contributed by atoms with Gasteiger partial charge >= 0.3 is 0 Å². The Morgan fingerprint density at radius 3 is 2.41 bits per heavy atom. The molecule has 11 heteroatoms. The molecule has 242 valence electrons. The van der Waals surface area contributed by atoms with Gasteiger partial charge in [0.05, 0.1) is 32.0 Å². The first kappa shape index (κ1) is 36.6. The normalized spacial score (nSPS) is 14.5. The third-order valence-corrected chi connectivity index (χ3v) is 7.60. The number of methoxy groups -OCH3 is 1. The maximum Gasteiger partial charge on any atom is 0.243 e. The van der Waals surface area contributed by atoms with E-state index >= 15 is 0 Å². The fourth-order valence-corrected chi connectivity index (χ4v) is 4.66. The van der Waals surface area contributed by atoms with Gasteiger partial charge in [-0.05, 0) is 47.0 Å². The van der Waals surface area contributed by atoms with Gasteiger partial charge in [0, 0.05) is 37.5 Å². The number of amides is 2. The molecule has 2 aromatic carbocycles. The van der Waals surface area contributed by atoms with E-state index in [1.54, 1.807) is 7.11 Å². The summed E-state index contributed by atoms with van der Waals surface area (Å²) >= 11 is 0. The van der Waals surface area contributed by atoms with Crippen molar-refractivity contribution in [3.63, 3.8) is 0 Å². The molecule has 2 amide bonds. The number of hydrogen-bond donors (Lipinski definition) is 3. The molecule has 2 aromatic rings. The largest absolute Gasteiger partial charge is 0.493 e. The first-order valence-corrected chi connectivity index (χ1v) is 15.3. The summed E-state index contributed by atoms with van der Waals surface area (Å²) in [6.07, 6.45) is 0.379. The number of aliphatic hydroxyl groups excluding tert-OH is 1. The second kappa shape index (κ2) is 20.3. The molecule has 2 rings (SSSR count). The summed E-state index contributed by atoms with van der Waals surface area (Å²) in [5.41, 5.74) is 11.0. The monoisotopic (exact) mass is 611 g/mol. The zero-order valence-electron chi connectivity index (χ0n) is 26.6. The molecule has 0 bridgehead atoms. The lowest BCUT2D eigenvalue weighted by molar-refractivity contribution is -0.134. The average Bonchev–Trinajstić information content (AvgIpc) is 3.02. The number of hydrogen-bond acceptors (Lipinski definition) is 7. The zero-order chi connectivity index (χ0) is 32.3. The first-order valence-electron chi connectivity index (χ1n) is 15.3. The molecule has 0 aliphatic heterocycles. The van der Waals surface area contributed by atoms with Crippen LogP contribution in [-0.4, -0.2) is 62.0 Å². The second-order valence-corrected chi connectivity index (χ2v) is 11.4. The van der Waals surface area contributed by atoms with E-state index in [1.807, 2.05) is 82.3 Å². The van der Waals surface area contributed by atoms with Crippen LogP contribution in [0.1, 0.15) is 58.1 Å². The Bertz CT molecular complexity index is 1170. The summed E-state index contributed by atoms with van der Waals surface area (Å²) in [4.78, 5) is 29.5. The molecular formula is C33H49N5O6. The summed E-state index contributed by atoms with van der Waals surface area (Å²) in [7, 11) is 1.65. The molecule has 0 saturated carbocycles. The van der Waals surface area contributed by atoms with Gasteiger partial charge < -0.3 is 30.0 Å². The minimum absolute atomic E-state index is 0.0338. The fourth-order valence-electron chi connectivity index (χ4n) is 4.66. The lowest BCUT2D eigenvalue weighted by Crippen LogP contribution is -2.52. The maximum absolute atomic E-state index is 13.5. The van der Waals surface area contributed by atoms with E-state index in [-0.39, 0.29) is 43.3 Å². The molecule has 0 heterocycles. The van der Waals surface area contributed by atoms with Gasteiger partial charge in [-0.1, -0.05) is 81.7 Å². The van der Waals surface area contributed by atoms with Gasteiger partial charge in [-0.25, -0.2) is 0 Å². The van der Waals surface area contributed by atoms with Crippen LogP contribution in [0.4, 0.5) is 0 Å². The second-order valence-electron chi connectivity index (χ2n) is 11.4. The molecule has 0 aliphatic rings. The highest BCUT2D eigenvalue weighted by Crippen LogP contribution is 2.22. The summed E-state index contributed by atoms with van der Waals surface area (Å²) < 4.78 is 16.6. The van der Waals surface area contributed by atoms with Crippen LogP contribution in [-0.2, 0) is 32.2 Å². The Morgan fingerprint density at radius 2 is 1.75 bits per heavy atom. The van der Waals surface area contributed by atoms with Crippen molar-refractivity contribution in [2.75, 3.05) is 26.9 Å². The predicted molar refractivity (Wildman–Crippen MR) is 170 cm³/mol. The summed E-state index contributed by atoms with van der Waals surface area (Å²) in [6, 6.07) is 15.4. The van der Waals surface area contributed by atoms with Crippen molar-refractivity contribution < 1.29 is 28.9 Å². The van der Waals surface area contributed by atoms with Gasteiger partial charge in [-0.3, -0.25) is 9.59 Å². The van der Waals surface area contributed by atoms with E-state index in [1.165, 1.54) is 0 Å². The average molecular weight is 612 g/mol. The van der Waals surface area contributed by atoms with Crippen LogP contribution in [0.5, 0.6) is 5.75 Å². The van der Waals surface area contributed by atoms with Gasteiger partial charge in [-0.2, -0.15) is 0 Å². The predicted octanol–water partition coefficient (Wildman–Crippen LogP) is 5.17. The molecule has 5 atom stereocenters. The highest BCUT2D eigenvalue weighted by molar-refractivity contribution is 5.88. The van der Waals surface area contributed by atoms with Crippen molar-refractivity contribution in [1.82, 2.24) is 10.6 Å². The van der Waals surface area contributed by atoms with Crippen molar-refractivity contribution in [3.8, 4) is 5.75 Å². The first-order chi connectivity index (χ1) is 21.2. The van der Waals surface area contributed by atoms with Crippen molar-refractivity contribution in [2.24, 2.45) is 22.9 Å². The highest BCUT2D eigenvalue weighted by atomic mass is 16.5. The minimum Gasteiger partial charge on any atom is -0.493 e. The third kappa shape index (κ3) is 12.9. The van der Waals surface area contributed by atoms with Crippen molar-refractivity contribution >= 4 is 11.8 Å². The van der Waals surface area contributed by atoms with Gasteiger partial charge in [0.2, 0.25) is 11.8 Å². The highest BCUT2D eigenvalue weighted by Gasteiger charge is 2.33. The number of rotatable bonds is 21. The van der Waals surface area contributed by atoms with Crippen LogP contribution in [0, 0.1) is 17.8 Å². The molecule has 0 radical (unpaired) electrons. The van der Waals surface area contributed by atoms with Crippen LogP contribution in [0.15, 0.2) is 59.7 Å². The van der Waals surface area contributed by atoms with Gasteiger partial charge in [0.15, 0.2) is 0 Å². The SMILES string of the molecule is CCC(C)C(NC(=O)C(CC(O)C(COCc1cccc(OCCCOC)c1)N=[N+]=[N-])C(C)C)C(=O)NCc1ccccc1. The van der Waals surface area contributed by atoms with Gasteiger partial charge in [0.1, 0.15) is 11.8 Å². The van der Waals surface area contributed by atoms with Crippen molar-refractivity contribution in [2.45, 2.75) is 78.3 Å². The van der Waals surface area contributed by atoms with Crippen molar-refractivity contribution in [1.29, 1.82) is 0 Å². The molecule has 0 aliphatic carbocycles. The van der Waals surface area contributed by atoms with E-state index in [2.05, 4.69) is 20.7 Å². The van der Waals surface area contributed by atoms with Crippen molar-refractivity contribution in [3.05, 3.63) is 76.2 Å². The molecule has 0 fully saturated rings. The molecular weight excluding hydrogens is 562 g/mol. The number of carbonyl (C=O) groups excluding carboxylic acids is 2. The fraction of sp³-hybridized carbons (Fsp3) is 0.576. The van der Waals surface area contributed by atoms with Crippen LogP contribution in [0.2, 0.25) is 0 Å². The smallest absolute Gasteiger partial charge is 0.243 e. The van der Waals surface area contributed by atoms with E-state index in [0.29, 0.717) is 31.9 Å². The molecule has 44 heavy (non-hydrogen) atoms. The van der Waals surface area contributed by atoms with Gasteiger partial charge in [0.25, 0.3) is 0 Å². The van der Waals surface area contributed by atoms with E-state index in [9.17, 15) is 14.7 Å². The number of benzene rings is 2. The van der Waals surface area contributed by atoms with Crippen LogP contribution in [0.25, 0.3) is 10.4 Å². The molecule has 5 unspecified atom stereocenters. The number of azide groups is 1. The molecule has 3 N–H and O–H groups in total. The molecule has 0 aromatic heterocycles. The van der Waals surface area contributed by atoms with E-state index in [0.717, 1.165) is 17.5 Å². The van der Waals surface area contributed by atoms with E-state index in [4.69, 9.17) is 19.7 Å². The number of carbonyl (C=O) groups is 2. The minimum atomic E-state index is -1.13.